The number of thiocarbonyl (C=S) groups is 1. The summed E-state index contributed by atoms with van der Waals surface area (Å²) in [5, 5.41) is 9.99. The molecule has 0 radical (unpaired) electrons. The molecule has 0 saturated carbocycles. The summed E-state index contributed by atoms with van der Waals surface area (Å²) in [5.41, 5.74) is 7.16. The quantitative estimate of drug-likeness (QED) is 0.819. The van der Waals surface area contributed by atoms with Crippen LogP contribution in [0.1, 0.15) is 25.3 Å². The fourth-order valence-corrected chi connectivity index (χ4v) is 2.73. The molecule has 0 aliphatic carbocycles. The molecule has 1 fully saturated rings. The van der Waals surface area contributed by atoms with Gasteiger partial charge in [-0.2, -0.15) is 0 Å². The highest BCUT2D eigenvalue weighted by atomic mass is 79.9. The van der Waals surface area contributed by atoms with Gasteiger partial charge in [-0.05, 0) is 38.0 Å². The molecule has 5 heteroatoms. The number of benzene rings is 1. The highest BCUT2D eigenvalue weighted by molar-refractivity contribution is 9.10. The minimum atomic E-state index is -0.550. The first-order valence-electron chi connectivity index (χ1n) is 5.96. The molecule has 2 rings (SSSR count). The molecule has 1 aromatic rings. The van der Waals surface area contributed by atoms with Crippen molar-refractivity contribution in [2.24, 2.45) is 5.73 Å². The average Bonchev–Trinajstić information content (AvgIpc) is 2.28. The second kappa shape index (κ2) is 5.15. The predicted molar refractivity (Wildman–Crippen MR) is 82.1 cm³/mol. The van der Waals surface area contributed by atoms with Crippen molar-refractivity contribution in [3.05, 3.63) is 28.2 Å². The number of hydrogen-bond donors (Lipinski definition) is 2. The molecular formula is C13H17BrN2OS. The molecule has 0 spiro atoms. The maximum absolute atomic E-state index is 9.99. The highest BCUT2D eigenvalue weighted by Gasteiger charge is 2.28. The molecule has 18 heavy (non-hydrogen) atoms. The van der Waals surface area contributed by atoms with Gasteiger partial charge in [0.25, 0.3) is 0 Å². The molecule has 1 aromatic carbocycles. The van der Waals surface area contributed by atoms with Crippen molar-refractivity contribution in [3.8, 4) is 0 Å². The van der Waals surface area contributed by atoms with Gasteiger partial charge in [0.05, 0.1) is 5.60 Å². The van der Waals surface area contributed by atoms with Crippen molar-refractivity contribution >= 4 is 38.8 Å². The van der Waals surface area contributed by atoms with Crippen molar-refractivity contribution in [2.45, 2.75) is 25.4 Å². The summed E-state index contributed by atoms with van der Waals surface area (Å²) in [5.74, 6) is 0. The molecule has 0 amide bonds. The molecule has 3 nitrogen and oxygen atoms in total. The number of piperidine rings is 1. The smallest absolute Gasteiger partial charge is 0.106 e. The van der Waals surface area contributed by atoms with Crippen LogP contribution in [0, 0.1) is 0 Å². The second-order valence-electron chi connectivity index (χ2n) is 5.01. The molecule has 1 saturated heterocycles. The number of nitrogens with two attached hydrogens (primary N) is 1. The maximum atomic E-state index is 9.99. The van der Waals surface area contributed by atoms with Crippen LogP contribution in [-0.4, -0.2) is 28.8 Å². The van der Waals surface area contributed by atoms with Crippen molar-refractivity contribution in [1.82, 2.24) is 0 Å². The van der Waals surface area contributed by atoms with Gasteiger partial charge >= 0.3 is 0 Å². The number of halogens is 1. The number of rotatable bonds is 2. The van der Waals surface area contributed by atoms with Crippen LogP contribution in [-0.2, 0) is 0 Å². The number of aliphatic hydroxyl groups is 1. The van der Waals surface area contributed by atoms with Crippen LogP contribution in [0.5, 0.6) is 0 Å². The molecule has 0 atom stereocenters. The molecule has 1 heterocycles. The normalized spacial score (nSPS) is 18.7. The van der Waals surface area contributed by atoms with Crippen molar-refractivity contribution in [3.63, 3.8) is 0 Å². The van der Waals surface area contributed by atoms with E-state index >= 15 is 0 Å². The Hall–Kier alpha value is -0.650. The first kappa shape index (κ1) is 13.8. The zero-order chi connectivity index (χ0) is 13.3. The van der Waals surface area contributed by atoms with Gasteiger partial charge in [0.15, 0.2) is 0 Å². The largest absolute Gasteiger partial charge is 0.390 e. The maximum Gasteiger partial charge on any atom is 0.106 e. The molecule has 1 aliphatic rings. The van der Waals surface area contributed by atoms with Crippen LogP contribution in [0.25, 0.3) is 0 Å². The summed E-state index contributed by atoms with van der Waals surface area (Å²) in [4.78, 5) is 2.65. The van der Waals surface area contributed by atoms with Gasteiger partial charge in [-0.15, -0.1) is 0 Å². The predicted octanol–water partition coefficient (Wildman–Crippen LogP) is 2.43. The number of hydrogen-bond acceptors (Lipinski definition) is 3. The van der Waals surface area contributed by atoms with E-state index in [9.17, 15) is 5.11 Å². The topological polar surface area (TPSA) is 49.5 Å². The summed E-state index contributed by atoms with van der Waals surface area (Å²) < 4.78 is 1.01. The van der Waals surface area contributed by atoms with Gasteiger partial charge in [-0.3, -0.25) is 0 Å². The van der Waals surface area contributed by atoms with Crippen LogP contribution in [0.15, 0.2) is 22.7 Å². The van der Waals surface area contributed by atoms with Gasteiger partial charge in [-0.25, -0.2) is 0 Å². The van der Waals surface area contributed by atoms with E-state index in [1.807, 2.05) is 25.1 Å². The zero-order valence-corrected chi connectivity index (χ0v) is 12.7. The summed E-state index contributed by atoms with van der Waals surface area (Å²) in [7, 11) is 0. The molecular weight excluding hydrogens is 312 g/mol. The molecule has 0 aromatic heterocycles. The highest BCUT2D eigenvalue weighted by Crippen LogP contribution is 2.30. The van der Waals surface area contributed by atoms with E-state index < -0.39 is 5.60 Å². The first-order chi connectivity index (χ1) is 8.39. The molecule has 0 bridgehead atoms. The lowest BCUT2D eigenvalue weighted by Gasteiger charge is -2.38. The van der Waals surface area contributed by atoms with E-state index in [1.165, 1.54) is 0 Å². The Kier molecular flexibility index (Phi) is 3.94. The van der Waals surface area contributed by atoms with Gasteiger partial charge in [0.2, 0.25) is 0 Å². The van der Waals surface area contributed by atoms with Gasteiger partial charge in [-0.1, -0.05) is 28.1 Å². The standard InChI is InChI=1S/C13H17BrN2OS/c1-13(17)4-6-16(7-5-13)11-8-9(14)2-3-10(11)12(15)18/h2-3,8,17H,4-7H2,1H3,(H2,15,18). The summed E-state index contributed by atoms with van der Waals surface area (Å²) in [6.07, 6.45) is 1.52. The monoisotopic (exact) mass is 328 g/mol. The zero-order valence-electron chi connectivity index (χ0n) is 10.3. The van der Waals surface area contributed by atoms with Crippen LogP contribution < -0.4 is 10.6 Å². The van der Waals surface area contributed by atoms with E-state index in [4.69, 9.17) is 18.0 Å². The van der Waals surface area contributed by atoms with E-state index in [0.29, 0.717) is 4.99 Å². The molecule has 98 valence electrons. The summed E-state index contributed by atoms with van der Waals surface area (Å²) in [6.45, 7) is 3.53. The third-order valence-corrected chi connectivity index (χ3v) is 4.12. The average molecular weight is 329 g/mol. The number of anilines is 1. The Bertz CT molecular complexity index is 466. The summed E-state index contributed by atoms with van der Waals surface area (Å²) >= 11 is 8.57. The number of nitrogens with zero attached hydrogens (tertiary/aromatic N) is 1. The first-order valence-corrected chi connectivity index (χ1v) is 7.16. The Labute approximate surface area is 121 Å². The Morgan fingerprint density at radius 1 is 1.44 bits per heavy atom. The fraction of sp³-hybridized carbons (Fsp3) is 0.462. The lowest BCUT2D eigenvalue weighted by atomic mass is 9.93. The van der Waals surface area contributed by atoms with E-state index in [0.717, 1.165) is 41.7 Å². The van der Waals surface area contributed by atoms with Crippen LogP contribution in [0.3, 0.4) is 0 Å². The van der Waals surface area contributed by atoms with Gasteiger partial charge in [0, 0.05) is 28.8 Å². The lowest BCUT2D eigenvalue weighted by molar-refractivity contribution is 0.0351. The Balaban J connectivity index is 2.28. The molecule has 1 aliphatic heterocycles. The molecule has 3 N–H and O–H groups in total. The minimum absolute atomic E-state index is 0.412. The van der Waals surface area contributed by atoms with Crippen LogP contribution >= 0.6 is 28.1 Å². The van der Waals surface area contributed by atoms with Gasteiger partial charge in [0.1, 0.15) is 4.99 Å². The van der Waals surface area contributed by atoms with Crippen molar-refractivity contribution in [2.75, 3.05) is 18.0 Å². The third-order valence-electron chi connectivity index (χ3n) is 3.41. The summed E-state index contributed by atoms with van der Waals surface area (Å²) in [6, 6.07) is 5.92. The Morgan fingerprint density at radius 2 is 2.06 bits per heavy atom. The minimum Gasteiger partial charge on any atom is -0.390 e. The van der Waals surface area contributed by atoms with Crippen LogP contribution in [0.2, 0.25) is 0 Å². The van der Waals surface area contributed by atoms with Crippen molar-refractivity contribution < 1.29 is 5.11 Å². The van der Waals surface area contributed by atoms with Gasteiger partial charge < -0.3 is 15.7 Å². The third kappa shape index (κ3) is 3.02. The fourth-order valence-electron chi connectivity index (χ4n) is 2.20. The van der Waals surface area contributed by atoms with E-state index in [2.05, 4.69) is 20.8 Å². The lowest BCUT2D eigenvalue weighted by Crippen LogP contribution is -2.43. The Morgan fingerprint density at radius 3 is 2.61 bits per heavy atom. The molecule has 0 unspecified atom stereocenters. The van der Waals surface area contributed by atoms with Crippen molar-refractivity contribution in [1.29, 1.82) is 0 Å². The van der Waals surface area contributed by atoms with E-state index in [-0.39, 0.29) is 0 Å². The second-order valence-corrected chi connectivity index (χ2v) is 6.37. The van der Waals surface area contributed by atoms with E-state index in [1.54, 1.807) is 0 Å². The van der Waals surface area contributed by atoms with Crippen LogP contribution in [0.4, 0.5) is 5.69 Å². The SMILES string of the molecule is CC1(O)CCN(c2cc(Br)ccc2C(N)=S)CC1.